The zero-order chi connectivity index (χ0) is 23.2. The van der Waals surface area contributed by atoms with E-state index in [0.717, 1.165) is 37.5 Å². The number of nitrogens with one attached hydrogen (secondary N) is 2. The maximum atomic E-state index is 12.3. The smallest absolute Gasteiger partial charge is 0.319 e. The Bertz CT molecular complexity index is 1090. The second kappa shape index (κ2) is 10.6. The lowest BCUT2D eigenvalue weighted by molar-refractivity contribution is 0.244. The van der Waals surface area contributed by atoms with Crippen LogP contribution in [0, 0.1) is 13.8 Å². The van der Waals surface area contributed by atoms with Crippen molar-refractivity contribution in [3.8, 4) is 11.4 Å². The summed E-state index contributed by atoms with van der Waals surface area (Å²) >= 11 is 0. The molecule has 0 unspecified atom stereocenters. The number of nitrogens with zero attached hydrogens (tertiary/aromatic N) is 5. The van der Waals surface area contributed by atoms with Crippen LogP contribution in [0.1, 0.15) is 42.4 Å². The average Bonchev–Trinajstić information content (AvgIpc) is 3.55. The second-order valence-corrected chi connectivity index (χ2v) is 8.92. The highest BCUT2D eigenvalue weighted by molar-refractivity contribution is 5.89. The van der Waals surface area contributed by atoms with Gasteiger partial charge in [-0.25, -0.2) is 9.48 Å². The van der Waals surface area contributed by atoms with Gasteiger partial charge in [-0.05, 0) is 85.3 Å². The molecule has 2 aromatic carbocycles. The number of hydrogen-bond acceptors (Lipinski definition) is 5. The minimum Gasteiger partial charge on any atom is -0.338 e. The summed E-state index contributed by atoms with van der Waals surface area (Å²) in [6.45, 7) is 7.07. The SMILES string of the molecule is Cc1ccc(CN(CCCCNC(=O)Nc2cccc(-c3nnnn3C)c2)C2CC2)cc1C. The molecule has 0 spiro atoms. The summed E-state index contributed by atoms with van der Waals surface area (Å²) in [5, 5.41) is 17.4. The van der Waals surface area contributed by atoms with Crippen molar-refractivity contribution in [2.75, 3.05) is 18.4 Å². The van der Waals surface area contributed by atoms with Crippen molar-refractivity contribution < 1.29 is 4.79 Å². The Morgan fingerprint density at radius 2 is 1.97 bits per heavy atom. The number of aryl methyl sites for hydroxylation is 3. The van der Waals surface area contributed by atoms with Crippen molar-refractivity contribution in [3.63, 3.8) is 0 Å². The minimum atomic E-state index is -0.197. The lowest BCUT2D eigenvalue weighted by Gasteiger charge is -2.22. The zero-order valence-electron chi connectivity index (χ0n) is 19.7. The first-order valence-electron chi connectivity index (χ1n) is 11.7. The van der Waals surface area contributed by atoms with Gasteiger partial charge < -0.3 is 10.6 Å². The van der Waals surface area contributed by atoms with Gasteiger partial charge in [0.15, 0.2) is 5.82 Å². The normalized spacial score (nSPS) is 13.3. The van der Waals surface area contributed by atoms with Gasteiger partial charge in [0, 0.05) is 37.4 Å². The molecular weight excluding hydrogens is 414 g/mol. The van der Waals surface area contributed by atoms with E-state index in [1.54, 1.807) is 11.7 Å². The molecule has 0 atom stereocenters. The lowest BCUT2D eigenvalue weighted by Crippen LogP contribution is -2.31. The molecule has 3 aromatic rings. The first-order chi connectivity index (χ1) is 16.0. The molecule has 2 amide bonds. The first-order valence-corrected chi connectivity index (χ1v) is 11.7. The summed E-state index contributed by atoms with van der Waals surface area (Å²) in [7, 11) is 1.79. The summed E-state index contributed by atoms with van der Waals surface area (Å²) in [6.07, 6.45) is 4.62. The molecule has 4 rings (SSSR count). The van der Waals surface area contributed by atoms with E-state index in [1.807, 2.05) is 24.3 Å². The van der Waals surface area contributed by atoms with Gasteiger partial charge >= 0.3 is 6.03 Å². The third kappa shape index (κ3) is 6.38. The topological polar surface area (TPSA) is 88.0 Å². The highest BCUT2D eigenvalue weighted by atomic mass is 16.2. The van der Waals surface area contributed by atoms with Gasteiger partial charge in [-0.1, -0.05) is 30.3 Å². The van der Waals surface area contributed by atoms with Crippen molar-refractivity contribution in [1.82, 2.24) is 30.4 Å². The molecule has 1 saturated carbocycles. The maximum Gasteiger partial charge on any atom is 0.319 e. The Kier molecular flexibility index (Phi) is 7.34. The maximum absolute atomic E-state index is 12.3. The van der Waals surface area contributed by atoms with Crippen LogP contribution >= 0.6 is 0 Å². The molecule has 2 N–H and O–H groups in total. The van der Waals surface area contributed by atoms with Gasteiger partial charge in [-0.15, -0.1) is 5.10 Å². The number of rotatable bonds is 10. The fourth-order valence-electron chi connectivity index (χ4n) is 3.99. The molecule has 1 aliphatic carbocycles. The summed E-state index contributed by atoms with van der Waals surface area (Å²) in [6, 6.07) is 14.8. The van der Waals surface area contributed by atoms with E-state index in [0.29, 0.717) is 18.1 Å². The number of carbonyl (C=O) groups is 1. The number of urea groups is 1. The van der Waals surface area contributed by atoms with Crippen LogP contribution in [-0.4, -0.2) is 50.3 Å². The van der Waals surface area contributed by atoms with E-state index in [4.69, 9.17) is 0 Å². The minimum absolute atomic E-state index is 0.197. The number of carbonyl (C=O) groups excluding carboxylic acids is 1. The van der Waals surface area contributed by atoms with Crippen LogP contribution in [0.25, 0.3) is 11.4 Å². The summed E-state index contributed by atoms with van der Waals surface area (Å²) in [4.78, 5) is 14.9. The van der Waals surface area contributed by atoms with Crippen LogP contribution in [-0.2, 0) is 13.6 Å². The predicted molar refractivity (Wildman–Crippen MR) is 130 cm³/mol. The fourth-order valence-corrected chi connectivity index (χ4v) is 3.99. The number of unbranched alkanes of at least 4 members (excludes halogenated alkanes) is 1. The Morgan fingerprint density at radius 3 is 2.70 bits per heavy atom. The molecule has 1 aromatic heterocycles. The molecule has 0 radical (unpaired) electrons. The third-order valence-corrected chi connectivity index (χ3v) is 6.18. The highest BCUT2D eigenvalue weighted by Gasteiger charge is 2.28. The van der Waals surface area contributed by atoms with Gasteiger partial charge in [-0.2, -0.15) is 0 Å². The largest absolute Gasteiger partial charge is 0.338 e. The van der Waals surface area contributed by atoms with E-state index >= 15 is 0 Å². The van der Waals surface area contributed by atoms with Crippen molar-refractivity contribution in [2.24, 2.45) is 7.05 Å². The van der Waals surface area contributed by atoms with Gasteiger partial charge in [0.25, 0.3) is 0 Å². The molecule has 33 heavy (non-hydrogen) atoms. The molecule has 0 saturated heterocycles. The number of tetrazole rings is 1. The number of aromatic nitrogens is 4. The van der Waals surface area contributed by atoms with Crippen LogP contribution < -0.4 is 10.6 Å². The van der Waals surface area contributed by atoms with Crippen LogP contribution in [0.4, 0.5) is 10.5 Å². The summed E-state index contributed by atoms with van der Waals surface area (Å²) in [5.41, 5.74) is 5.66. The number of anilines is 1. The molecule has 0 aliphatic heterocycles. The van der Waals surface area contributed by atoms with E-state index in [-0.39, 0.29) is 6.03 Å². The fraction of sp³-hybridized carbons (Fsp3) is 0.440. The van der Waals surface area contributed by atoms with Gasteiger partial charge in [0.2, 0.25) is 0 Å². The van der Waals surface area contributed by atoms with E-state index in [9.17, 15) is 4.79 Å². The average molecular weight is 448 g/mol. The van der Waals surface area contributed by atoms with Crippen molar-refractivity contribution in [3.05, 3.63) is 59.2 Å². The number of benzene rings is 2. The summed E-state index contributed by atoms with van der Waals surface area (Å²) < 4.78 is 1.60. The van der Waals surface area contributed by atoms with Crippen LogP contribution in [0.5, 0.6) is 0 Å². The van der Waals surface area contributed by atoms with E-state index in [2.05, 4.69) is 63.1 Å². The number of hydrogen-bond donors (Lipinski definition) is 2. The molecular formula is C25H33N7O. The third-order valence-electron chi connectivity index (χ3n) is 6.18. The predicted octanol–water partition coefficient (Wildman–Crippen LogP) is 4.06. The van der Waals surface area contributed by atoms with Crippen LogP contribution in [0.3, 0.4) is 0 Å². The quantitative estimate of drug-likeness (QED) is 0.458. The molecule has 8 heteroatoms. The Labute approximate surface area is 195 Å². The molecule has 1 heterocycles. The molecule has 1 fully saturated rings. The molecule has 0 bridgehead atoms. The van der Waals surface area contributed by atoms with Crippen LogP contribution in [0.2, 0.25) is 0 Å². The number of amides is 2. The van der Waals surface area contributed by atoms with Crippen molar-refractivity contribution >= 4 is 11.7 Å². The Morgan fingerprint density at radius 1 is 1.12 bits per heavy atom. The van der Waals surface area contributed by atoms with Gasteiger partial charge in [-0.3, -0.25) is 4.90 Å². The highest BCUT2D eigenvalue weighted by Crippen LogP contribution is 2.29. The molecule has 1 aliphatic rings. The molecule has 8 nitrogen and oxygen atoms in total. The monoisotopic (exact) mass is 447 g/mol. The standard InChI is InChI=1S/C25H33N7O/c1-18-9-10-20(15-19(18)2)17-32(23-11-12-23)14-5-4-13-26-25(33)27-22-8-6-7-21(16-22)24-28-29-30-31(24)3/h6-10,15-16,23H,4-5,11-14,17H2,1-3H3,(H2,26,27,33). The molecule has 174 valence electrons. The van der Waals surface area contributed by atoms with Crippen molar-refractivity contribution in [2.45, 2.75) is 52.1 Å². The Balaban J connectivity index is 1.19. The zero-order valence-corrected chi connectivity index (χ0v) is 19.7. The van der Waals surface area contributed by atoms with E-state index < -0.39 is 0 Å². The first kappa shape index (κ1) is 22.9. The van der Waals surface area contributed by atoms with E-state index in [1.165, 1.54) is 29.5 Å². The summed E-state index contributed by atoms with van der Waals surface area (Å²) in [5.74, 6) is 0.653. The van der Waals surface area contributed by atoms with Gasteiger partial charge in [0.1, 0.15) is 0 Å². The Hall–Kier alpha value is -3.26. The van der Waals surface area contributed by atoms with Gasteiger partial charge in [0.05, 0.1) is 0 Å². The van der Waals surface area contributed by atoms with Crippen molar-refractivity contribution in [1.29, 1.82) is 0 Å². The van der Waals surface area contributed by atoms with Crippen LogP contribution in [0.15, 0.2) is 42.5 Å². The second-order valence-electron chi connectivity index (χ2n) is 8.92. The lowest BCUT2D eigenvalue weighted by atomic mass is 10.1.